The summed E-state index contributed by atoms with van der Waals surface area (Å²) < 4.78 is 0. The Morgan fingerprint density at radius 3 is 2.67 bits per heavy atom. The van der Waals surface area contributed by atoms with E-state index in [0.29, 0.717) is 19.0 Å². The first-order valence-electron chi connectivity index (χ1n) is 7.49. The molecule has 1 fully saturated rings. The molecule has 0 aliphatic heterocycles. The van der Waals surface area contributed by atoms with Crippen molar-refractivity contribution in [2.45, 2.75) is 39.2 Å². The lowest BCUT2D eigenvalue weighted by molar-refractivity contribution is 0.0756. The number of aryl methyl sites for hydroxylation is 1. The average Bonchev–Trinajstić information content (AvgIpc) is 3.28. The molecule has 1 heterocycles. The minimum atomic E-state index is 0.114. The molecule has 4 heteroatoms. The van der Waals surface area contributed by atoms with E-state index in [4.69, 9.17) is 0 Å². The highest BCUT2D eigenvalue weighted by Gasteiger charge is 2.29. The second kappa shape index (κ2) is 5.98. The lowest BCUT2D eigenvalue weighted by Crippen LogP contribution is -2.30. The largest absolute Gasteiger partial charge is 0.334 e. The van der Waals surface area contributed by atoms with Crippen molar-refractivity contribution in [3.8, 4) is 0 Å². The summed E-state index contributed by atoms with van der Waals surface area (Å²) >= 11 is 1.59. The zero-order valence-electron chi connectivity index (χ0n) is 12.5. The Kier molecular flexibility index (Phi) is 4.06. The van der Waals surface area contributed by atoms with Crippen LogP contribution in [0.5, 0.6) is 0 Å². The van der Waals surface area contributed by atoms with Crippen molar-refractivity contribution < 1.29 is 4.79 Å². The van der Waals surface area contributed by atoms with Crippen molar-refractivity contribution in [2.75, 3.05) is 6.54 Å². The smallest absolute Gasteiger partial charge is 0.266 e. The van der Waals surface area contributed by atoms with Gasteiger partial charge in [0.05, 0.1) is 10.7 Å². The molecule has 110 valence electrons. The zero-order chi connectivity index (χ0) is 14.8. The lowest BCUT2D eigenvalue weighted by Gasteiger charge is -2.20. The number of benzene rings is 1. The van der Waals surface area contributed by atoms with Gasteiger partial charge in [0.1, 0.15) is 4.88 Å². The molecular formula is C17H20N2OS. The highest BCUT2D eigenvalue weighted by atomic mass is 32.1. The maximum Gasteiger partial charge on any atom is 0.266 e. The summed E-state index contributed by atoms with van der Waals surface area (Å²) in [6.45, 7) is 5.35. The van der Waals surface area contributed by atoms with Crippen molar-refractivity contribution >= 4 is 17.2 Å². The molecule has 1 aliphatic rings. The van der Waals surface area contributed by atoms with Crippen molar-refractivity contribution in [1.82, 2.24) is 9.88 Å². The van der Waals surface area contributed by atoms with Gasteiger partial charge < -0.3 is 4.90 Å². The van der Waals surface area contributed by atoms with Gasteiger partial charge in [0.15, 0.2) is 0 Å². The molecule has 0 bridgehead atoms. The second-order valence-electron chi connectivity index (χ2n) is 5.55. The van der Waals surface area contributed by atoms with Gasteiger partial charge in [-0.15, -0.1) is 11.3 Å². The van der Waals surface area contributed by atoms with Crippen LogP contribution >= 0.6 is 11.3 Å². The van der Waals surface area contributed by atoms with E-state index in [9.17, 15) is 4.79 Å². The zero-order valence-corrected chi connectivity index (χ0v) is 13.3. The summed E-state index contributed by atoms with van der Waals surface area (Å²) in [5, 5.41) is 1.15. The van der Waals surface area contributed by atoms with Crippen LogP contribution in [0, 0.1) is 6.92 Å². The fraction of sp³-hybridized carbons (Fsp3) is 0.412. The van der Waals surface area contributed by atoms with Gasteiger partial charge in [0.25, 0.3) is 5.91 Å². The standard InChI is InChI=1S/C17H20N2OS/c1-3-19(11-13-7-5-4-6-8-13)17(20)15-12(2)18-16(21-15)14-9-10-14/h4-8,14H,3,9-11H2,1-2H3. The van der Waals surface area contributed by atoms with Gasteiger partial charge in [-0.1, -0.05) is 30.3 Å². The molecule has 0 atom stereocenters. The number of aromatic nitrogens is 1. The monoisotopic (exact) mass is 300 g/mol. The molecule has 3 nitrogen and oxygen atoms in total. The summed E-state index contributed by atoms with van der Waals surface area (Å²) in [6.07, 6.45) is 2.45. The van der Waals surface area contributed by atoms with E-state index in [0.717, 1.165) is 21.1 Å². The fourth-order valence-corrected chi connectivity index (χ4v) is 3.60. The van der Waals surface area contributed by atoms with Crippen molar-refractivity contribution in [1.29, 1.82) is 0 Å². The summed E-state index contributed by atoms with van der Waals surface area (Å²) in [5.41, 5.74) is 2.05. The van der Waals surface area contributed by atoms with Gasteiger partial charge in [-0.25, -0.2) is 4.98 Å². The number of thiazole rings is 1. The van der Waals surface area contributed by atoms with Gasteiger partial charge in [-0.3, -0.25) is 4.79 Å². The van der Waals surface area contributed by atoms with Crippen LogP contribution in [-0.4, -0.2) is 22.3 Å². The molecule has 21 heavy (non-hydrogen) atoms. The summed E-state index contributed by atoms with van der Waals surface area (Å²) in [4.78, 5) is 20.1. The van der Waals surface area contributed by atoms with E-state index in [1.165, 1.54) is 12.8 Å². The third-order valence-electron chi connectivity index (χ3n) is 3.82. The van der Waals surface area contributed by atoms with E-state index in [1.54, 1.807) is 11.3 Å². The van der Waals surface area contributed by atoms with Crippen molar-refractivity contribution in [3.05, 3.63) is 51.5 Å². The van der Waals surface area contributed by atoms with E-state index in [2.05, 4.69) is 17.1 Å². The van der Waals surface area contributed by atoms with E-state index in [1.807, 2.05) is 36.9 Å². The van der Waals surface area contributed by atoms with E-state index in [-0.39, 0.29) is 5.91 Å². The van der Waals surface area contributed by atoms with Crippen LogP contribution in [0.4, 0.5) is 0 Å². The van der Waals surface area contributed by atoms with Gasteiger partial charge in [-0.2, -0.15) is 0 Å². The van der Waals surface area contributed by atoms with Gasteiger partial charge in [-0.05, 0) is 32.3 Å². The first-order valence-corrected chi connectivity index (χ1v) is 8.31. The number of rotatable bonds is 5. The molecule has 1 amide bonds. The molecule has 3 rings (SSSR count). The molecule has 0 unspecified atom stereocenters. The van der Waals surface area contributed by atoms with Crippen LogP contribution in [-0.2, 0) is 6.54 Å². The van der Waals surface area contributed by atoms with Crippen LogP contribution < -0.4 is 0 Å². The van der Waals surface area contributed by atoms with Crippen LogP contribution in [0.2, 0.25) is 0 Å². The van der Waals surface area contributed by atoms with Gasteiger partial charge >= 0.3 is 0 Å². The summed E-state index contributed by atoms with van der Waals surface area (Å²) in [6, 6.07) is 10.1. The average molecular weight is 300 g/mol. The third-order valence-corrected chi connectivity index (χ3v) is 5.13. The van der Waals surface area contributed by atoms with Crippen LogP contribution in [0.3, 0.4) is 0 Å². The molecular weight excluding hydrogens is 280 g/mol. The number of nitrogens with zero attached hydrogens (tertiary/aromatic N) is 2. The first-order chi connectivity index (χ1) is 10.2. The number of hydrogen-bond donors (Lipinski definition) is 0. The normalized spacial score (nSPS) is 14.2. The Labute approximate surface area is 129 Å². The molecule has 0 saturated heterocycles. The van der Waals surface area contributed by atoms with Gasteiger partial charge in [0, 0.05) is 19.0 Å². The molecule has 0 N–H and O–H groups in total. The van der Waals surface area contributed by atoms with Crippen LogP contribution in [0.25, 0.3) is 0 Å². The quantitative estimate of drug-likeness (QED) is 0.836. The topological polar surface area (TPSA) is 33.2 Å². The molecule has 0 spiro atoms. The van der Waals surface area contributed by atoms with E-state index < -0.39 is 0 Å². The fourth-order valence-electron chi connectivity index (χ4n) is 2.40. The van der Waals surface area contributed by atoms with Crippen LogP contribution in [0.1, 0.15) is 51.6 Å². The minimum Gasteiger partial charge on any atom is -0.334 e. The Morgan fingerprint density at radius 2 is 2.05 bits per heavy atom. The third kappa shape index (κ3) is 3.16. The molecule has 0 radical (unpaired) electrons. The van der Waals surface area contributed by atoms with Gasteiger partial charge in [0.2, 0.25) is 0 Å². The minimum absolute atomic E-state index is 0.114. The number of carbonyl (C=O) groups is 1. The maximum atomic E-state index is 12.8. The highest BCUT2D eigenvalue weighted by Crippen LogP contribution is 2.42. The predicted molar refractivity (Wildman–Crippen MR) is 85.7 cm³/mol. The van der Waals surface area contributed by atoms with E-state index >= 15 is 0 Å². The maximum absolute atomic E-state index is 12.8. The van der Waals surface area contributed by atoms with Crippen molar-refractivity contribution in [2.24, 2.45) is 0 Å². The Morgan fingerprint density at radius 1 is 1.33 bits per heavy atom. The second-order valence-corrected chi connectivity index (χ2v) is 6.58. The van der Waals surface area contributed by atoms with Crippen molar-refractivity contribution in [3.63, 3.8) is 0 Å². The molecule has 1 aromatic carbocycles. The number of carbonyl (C=O) groups excluding carboxylic acids is 1. The molecule has 1 saturated carbocycles. The molecule has 1 aromatic heterocycles. The summed E-state index contributed by atoms with van der Waals surface area (Å²) in [7, 11) is 0. The Bertz CT molecular complexity index is 631. The number of hydrogen-bond acceptors (Lipinski definition) is 3. The molecule has 1 aliphatic carbocycles. The number of amides is 1. The SMILES string of the molecule is CCN(Cc1ccccc1)C(=O)c1sc(C2CC2)nc1C. The Balaban J connectivity index is 1.78. The van der Waals surface area contributed by atoms with Crippen LogP contribution in [0.15, 0.2) is 30.3 Å². The predicted octanol–water partition coefficient (Wildman–Crippen LogP) is 3.99. The molecule has 2 aromatic rings. The Hall–Kier alpha value is -1.68. The lowest BCUT2D eigenvalue weighted by atomic mass is 10.2. The highest BCUT2D eigenvalue weighted by molar-refractivity contribution is 7.13. The first kappa shape index (κ1) is 14.3. The summed E-state index contributed by atoms with van der Waals surface area (Å²) in [5.74, 6) is 0.725.